The van der Waals surface area contributed by atoms with Crippen LogP contribution in [0.3, 0.4) is 0 Å². The van der Waals surface area contributed by atoms with E-state index in [4.69, 9.17) is 30.4 Å². The molecule has 0 bridgehead atoms. The number of hydrogen-bond donors (Lipinski definition) is 0. The summed E-state index contributed by atoms with van der Waals surface area (Å²) < 4.78 is 16.2. The third kappa shape index (κ3) is 2.76. The number of imidazole rings is 2. The van der Waals surface area contributed by atoms with Crippen LogP contribution in [-0.4, -0.2) is 19.1 Å². The van der Waals surface area contributed by atoms with Gasteiger partial charge in [-0.2, -0.15) is 0 Å². The molecule has 0 aliphatic rings. The summed E-state index contributed by atoms with van der Waals surface area (Å²) in [5.74, 6) is 0. The normalized spacial score (nSPS) is 12.2. The van der Waals surface area contributed by atoms with Crippen molar-refractivity contribution in [3.63, 3.8) is 0 Å². The van der Waals surface area contributed by atoms with Gasteiger partial charge in [0.15, 0.2) is 0 Å². The Kier molecular flexibility index (Phi) is 4.02. The second-order valence-electron chi connectivity index (χ2n) is 9.65. The SMILES string of the molecule is Clc1c(-n2cnc3c4c(ccc32)oc2ccccc24)cccc1-n1cnc2c3c(ccc21)oc1ccccc13. The van der Waals surface area contributed by atoms with Gasteiger partial charge in [0.25, 0.3) is 0 Å². The number of para-hydroxylation sites is 2. The summed E-state index contributed by atoms with van der Waals surface area (Å²) in [6.45, 7) is 0. The third-order valence-corrected chi connectivity index (χ3v) is 7.98. The van der Waals surface area contributed by atoms with Gasteiger partial charge in [-0.1, -0.05) is 54.1 Å². The minimum atomic E-state index is 0.602. The van der Waals surface area contributed by atoms with Crippen LogP contribution in [0.15, 0.2) is 112 Å². The van der Waals surface area contributed by atoms with Crippen molar-refractivity contribution in [1.29, 1.82) is 0 Å². The van der Waals surface area contributed by atoms with E-state index in [2.05, 4.69) is 12.1 Å². The molecule has 0 spiro atoms. The van der Waals surface area contributed by atoms with E-state index >= 15 is 0 Å². The number of hydrogen-bond acceptors (Lipinski definition) is 4. The molecule has 0 radical (unpaired) electrons. The number of benzene rings is 5. The van der Waals surface area contributed by atoms with E-state index in [9.17, 15) is 0 Å². The molecule has 0 N–H and O–H groups in total. The first-order chi connectivity index (χ1) is 19.3. The van der Waals surface area contributed by atoms with Gasteiger partial charge < -0.3 is 8.83 Å². The fourth-order valence-corrected chi connectivity index (χ4v) is 6.15. The van der Waals surface area contributed by atoms with Gasteiger partial charge >= 0.3 is 0 Å². The molecule has 6 nitrogen and oxygen atoms in total. The Labute approximate surface area is 225 Å². The number of nitrogens with zero attached hydrogens (tertiary/aromatic N) is 4. The molecule has 7 heteroatoms. The second kappa shape index (κ2) is 7.49. The van der Waals surface area contributed by atoms with Crippen LogP contribution < -0.4 is 0 Å². The highest BCUT2D eigenvalue weighted by molar-refractivity contribution is 6.34. The number of aromatic nitrogens is 4. The Morgan fingerprint density at radius 3 is 1.51 bits per heavy atom. The van der Waals surface area contributed by atoms with Crippen molar-refractivity contribution in [2.24, 2.45) is 0 Å². The molecular weight excluding hydrogens is 508 g/mol. The highest BCUT2D eigenvalue weighted by atomic mass is 35.5. The van der Waals surface area contributed by atoms with Crippen molar-refractivity contribution >= 4 is 77.5 Å². The first kappa shape index (κ1) is 20.9. The molecule has 0 saturated heterocycles. The zero-order valence-corrected chi connectivity index (χ0v) is 21.1. The fourth-order valence-electron chi connectivity index (χ4n) is 5.84. The van der Waals surface area contributed by atoms with E-state index in [0.29, 0.717) is 5.02 Å². The van der Waals surface area contributed by atoms with Crippen molar-refractivity contribution < 1.29 is 8.83 Å². The van der Waals surface area contributed by atoms with Gasteiger partial charge in [0.05, 0.1) is 38.2 Å². The number of fused-ring (bicyclic) bond motifs is 10. The molecule has 9 rings (SSSR count). The maximum Gasteiger partial charge on any atom is 0.137 e. The predicted octanol–water partition coefficient (Wildman–Crippen LogP) is 8.82. The van der Waals surface area contributed by atoms with E-state index in [1.165, 1.54) is 0 Å². The average molecular weight is 525 g/mol. The Bertz CT molecular complexity index is 2260. The van der Waals surface area contributed by atoms with E-state index in [1.807, 2.05) is 101 Å². The zero-order chi connectivity index (χ0) is 25.7. The van der Waals surface area contributed by atoms with Gasteiger partial charge in [0.1, 0.15) is 46.0 Å². The van der Waals surface area contributed by atoms with Crippen LogP contribution in [0.2, 0.25) is 5.02 Å². The van der Waals surface area contributed by atoms with Crippen LogP contribution >= 0.6 is 11.6 Å². The summed E-state index contributed by atoms with van der Waals surface area (Å²) in [6.07, 6.45) is 3.65. The lowest BCUT2D eigenvalue weighted by Crippen LogP contribution is -1.99. The topological polar surface area (TPSA) is 61.9 Å². The maximum absolute atomic E-state index is 7.14. The monoisotopic (exact) mass is 524 g/mol. The Morgan fingerprint density at radius 1 is 0.513 bits per heavy atom. The average Bonchev–Trinajstić information content (AvgIpc) is 3.74. The second-order valence-corrected chi connectivity index (χ2v) is 10.0. The molecule has 4 aromatic heterocycles. The molecule has 0 unspecified atom stereocenters. The molecule has 0 fully saturated rings. The van der Waals surface area contributed by atoms with Crippen molar-refractivity contribution in [2.75, 3.05) is 0 Å². The van der Waals surface area contributed by atoms with E-state index in [-0.39, 0.29) is 0 Å². The quantitative estimate of drug-likeness (QED) is 0.226. The van der Waals surface area contributed by atoms with Gasteiger partial charge in [-0.05, 0) is 48.5 Å². The van der Waals surface area contributed by atoms with E-state index < -0.39 is 0 Å². The Morgan fingerprint density at radius 2 is 1.00 bits per heavy atom. The fraction of sp³-hybridized carbons (Fsp3) is 0. The standard InChI is InChI=1S/C32H17ClN4O2/c33-30-20(36-16-34-31-22(36)12-14-26-28(31)18-6-1-3-10-24(18)38-26)8-5-9-21(30)37-17-35-32-23(37)13-15-27-29(32)19-7-2-4-11-25(19)39-27/h1-17H. The first-order valence-corrected chi connectivity index (χ1v) is 13.0. The van der Waals surface area contributed by atoms with Crippen molar-refractivity contribution in [1.82, 2.24) is 19.1 Å². The van der Waals surface area contributed by atoms with E-state index in [0.717, 1.165) is 77.3 Å². The molecule has 0 amide bonds. The Hall–Kier alpha value is -5.07. The highest BCUT2D eigenvalue weighted by Crippen LogP contribution is 2.38. The zero-order valence-electron chi connectivity index (χ0n) is 20.3. The van der Waals surface area contributed by atoms with Crippen LogP contribution in [0, 0.1) is 0 Å². The van der Waals surface area contributed by atoms with Crippen molar-refractivity contribution in [2.45, 2.75) is 0 Å². The van der Waals surface area contributed by atoms with Crippen LogP contribution in [-0.2, 0) is 0 Å². The molecule has 9 aromatic rings. The van der Waals surface area contributed by atoms with Crippen LogP contribution in [0.25, 0.3) is 77.3 Å². The lowest BCUT2D eigenvalue weighted by molar-refractivity contribution is 0.669. The molecule has 0 aliphatic carbocycles. The summed E-state index contributed by atoms with van der Waals surface area (Å²) >= 11 is 7.14. The lowest BCUT2D eigenvalue weighted by atomic mass is 10.1. The number of halogens is 1. The molecule has 184 valence electrons. The number of furan rings is 2. The Balaban J connectivity index is 1.26. The largest absolute Gasteiger partial charge is 0.456 e. The van der Waals surface area contributed by atoms with Gasteiger partial charge in [0, 0.05) is 10.8 Å². The van der Waals surface area contributed by atoms with Gasteiger partial charge in [-0.15, -0.1) is 0 Å². The van der Waals surface area contributed by atoms with Crippen LogP contribution in [0.5, 0.6) is 0 Å². The molecule has 0 saturated carbocycles. The van der Waals surface area contributed by atoms with Crippen LogP contribution in [0.4, 0.5) is 0 Å². The maximum atomic E-state index is 7.14. The molecule has 5 aromatic carbocycles. The summed E-state index contributed by atoms with van der Waals surface area (Å²) in [6, 6.07) is 30.2. The predicted molar refractivity (Wildman–Crippen MR) is 155 cm³/mol. The minimum absolute atomic E-state index is 0.602. The lowest BCUT2D eigenvalue weighted by Gasteiger charge is -2.12. The van der Waals surface area contributed by atoms with Gasteiger partial charge in [-0.3, -0.25) is 9.13 Å². The molecular formula is C32H17ClN4O2. The first-order valence-electron chi connectivity index (χ1n) is 12.6. The van der Waals surface area contributed by atoms with E-state index in [1.54, 1.807) is 0 Å². The van der Waals surface area contributed by atoms with Crippen LogP contribution in [0.1, 0.15) is 0 Å². The smallest absolute Gasteiger partial charge is 0.137 e. The molecule has 0 atom stereocenters. The minimum Gasteiger partial charge on any atom is -0.456 e. The van der Waals surface area contributed by atoms with Crippen molar-refractivity contribution in [3.8, 4) is 11.4 Å². The summed E-state index contributed by atoms with van der Waals surface area (Å²) in [7, 11) is 0. The third-order valence-electron chi connectivity index (χ3n) is 7.59. The summed E-state index contributed by atoms with van der Waals surface area (Å²) in [5, 5.41) is 4.71. The van der Waals surface area contributed by atoms with Gasteiger partial charge in [0.2, 0.25) is 0 Å². The molecule has 39 heavy (non-hydrogen) atoms. The summed E-state index contributed by atoms with van der Waals surface area (Å²) in [4.78, 5) is 9.60. The van der Waals surface area contributed by atoms with Gasteiger partial charge in [-0.25, -0.2) is 9.97 Å². The number of rotatable bonds is 2. The van der Waals surface area contributed by atoms with Crippen molar-refractivity contribution in [3.05, 3.63) is 109 Å². The summed E-state index contributed by atoms with van der Waals surface area (Å²) in [5.41, 5.74) is 8.66. The molecule has 0 aliphatic heterocycles. The highest BCUT2D eigenvalue weighted by Gasteiger charge is 2.19. The molecule has 4 heterocycles.